The van der Waals surface area contributed by atoms with Crippen LogP contribution < -0.4 is 10.9 Å². The smallest absolute Gasteiger partial charge is 0.341 e. The van der Waals surface area contributed by atoms with Crippen LogP contribution in [0, 0.1) is 13.8 Å². The Bertz CT molecular complexity index is 1400. The molecule has 33 heavy (non-hydrogen) atoms. The van der Waals surface area contributed by atoms with E-state index < -0.39 is 11.9 Å². The lowest BCUT2D eigenvalue weighted by molar-refractivity contribution is -0.116. The number of aryl methyl sites for hydroxylation is 2. The second-order valence-corrected chi connectivity index (χ2v) is 8.64. The summed E-state index contributed by atoms with van der Waals surface area (Å²) in [5.74, 6) is -0.892. The van der Waals surface area contributed by atoms with E-state index in [9.17, 15) is 14.4 Å². The van der Waals surface area contributed by atoms with Crippen molar-refractivity contribution in [2.24, 2.45) is 0 Å². The van der Waals surface area contributed by atoms with Crippen molar-refractivity contribution in [2.75, 3.05) is 11.9 Å². The minimum atomic E-state index is -0.498. The third-order valence-corrected chi connectivity index (χ3v) is 6.31. The average Bonchev–Trinajstić information content (AvgIpc) is 3.20. The number of hydrogen-bond acceptors (Lipinski definition) is 5. The van der Waals surface area contributed by atoms with E-state index in [1.807, 2.05) is 67.8 Å². The molecule has 4 aromatic rings. The molecule has 0 radical (unpaired) electrons. The molecule has 6 nitrogen and oxygen atoms in total. The summed E-state index contributed by atoms with van der Waals surface area (Å²) in [6.45, 7) is 5.66. The SMILES string of the molecule is CCOC(=O)c1c(-c2ccc(C)cc2)csc1NC(=O)Cn1c(=O)cc(C)c2ccccc21. The zero-order valence-corrected chi connectivity index (χ0v) is 19.5. The zero-order valence-electron chi connectivity index (χ0n) is 18.7. The van der Waals surface area contributed by atoms with Gasteiger partial charge in [-0.1, -0.05) is 48.0 Å². The van der Waals surface area contributed by atoms with Gasteiger partial charge in [0.1, 0.15) is 17.1 Å². The number of para-hydroxylation sites is 1. The molecule has 2 aromatic heterocycles. The van der Waals surface area contributed by atoms with E-state index in [4.69, 9.17) is 4.74 Å². The number of carbonyl (C=O) groups excluding carboxylic acids is 2. The van der Waals surface area contributed by atoms with E-state index in [-0.39, 0.29) is 18.7 Å². The van der Waals surface area contributed by atoms with Crippen LogP contribution in [0.1, 0.15) is 28.4 Å². The van der Waals surface area contributed by atoms with Crippen LogP contribution in [-0.4, -0.2) is 23.1 Å². The first kappa shape index (κ1) is 22.5. The number of thiophene rings is 1. The third-order valence-electron chi connectivity index (χ3n) is 5.41. The number of anilines is 1. The Kier molecular flexibility index (Phi) is 6.42. The summed E-state index contributed by atoms with van der Waals surface area (Å²) < 4.78 is 6.70. The van der Waals surface area contributed by atoms with Crippen LogP contribution >= 0.6 is 11.3 Å². The highest BCUT2D eigenvalue weighted by molar-refractivity contribution is 7.15. The summed E-state index contributed by atoms with van der Waals surface area (Å²) in [7, 11) is 0. The number of aromatic nitrogens is 1. The maximum Gasteiger partial charge on any atom is 0.341 e. The number of fused-ring (bicyclic) bond motifs is 1. The average molecular weight is 461 g/mol. The molecule has 0 spiro atoms. The van der Waals surface area contributed by atoms with Gasteiger partial charge in [-0.3, -0.25) is 14.2 Å². The predicted octanol–water partition coefficient (Wildman–Crippen LogP) is 5.16. The fourth-order valence-electron chi connectivity index (χ4n) is 3.78. The van der Waals surface area contributed by atoms with E-state index in [0.29, 0.717) is 21.6 Å². The molecule has 2 heterocycles. The normalized spacial score (nSPS) is 10.9. The van der Waals surface area contributed by atoms with Gasteiger partial charge in [0.15, 0.2) is 0 Å². The molecule has 1 N–H and O–H groups in total. The highest BCUT2D eigenvalue weighted by Gasteiger charge is 2.23. The van der Waals surface area contributed by atoms with Crippen LogP contribution in [0.25, 0.3) is 22.0 Å². The molecule has 0 aliphatic heterocycles. The molecule has 0 aliphatic rings. The molecule has 0 bridgehead atoms. The predicted molar refractivity (Wildman–Crippen MR) is 132 cm³/mol. The van der Waals surface area contributed by atoms with Crippen LogP contribution in [0.2, 0.25) is 0 Å². The first-order chi connectivity index (χ1) is 15.9. The van der Waals surface area contributed by atoms with Gasteiger partial charge in [0.2, 0.25) is 5.91 Å². The molecule has 0 unspecified atom stereocenters. The number of benzene rings is 2. The molecular formula is C26H24N2O4S. The summed E-state index contributed by atoms with van der Waals surface area (Å²) in [5, 5.41) is 5.97. The van der Waals surface area contributed by atoms with Crippen molar-refractivity contribution in [1.29, 1.82) is 0 Å². The number of ether oxygens (including phenoxy) is 1. The van der Waals surface area contributed by atoms with Gasteiger partial charge < -0.3 is 10.1 Å². The Morgan fingerprint density at radius 1 is 1.06 bits per heavy atom. The van der Waals surface area contributed by atoms with Gasteiger partial charge in [-0.25, -0.2) is 4.79 Å². The van der Waals surface area contributed by atoms with Crippen molar-refractivity contribution in [3.63, 3.8) is 0 Å². The molecule has 168 valence electrons. The topological polar surface area (TPSA) is 77.4 Å². The Labute approximate surface area is 195 Å². The molecule has 1 amide bonds. The van der Waals surface area contributed by atoms with Gasteiger partial charge in [0.25, 0.3) is 5.56 Å². The summed E-state index contributed by atoms with van der Waals surface area (Å²) >= 11 is 1.26. The quantitative estimate of drug-likeness (QED) is 0.403. The Morgan fingerprint density at radius 3 is 2.52 bits per heavy atom. The number of nitrogens with zero attached hydrogens (tertiary/aromatic N) is 1. The Hall–Kier alpha value is -3.71. The molecule has 0 saturated carbocycles. The Morgan fingerprint density at radius 2 is 1.79 bits per heavy atom. The summed E-state index contributed by atoms with van der Waals surface area (Å²) in [4.78, 5) is 38.4. The van der Waals surface area contributed by atoms with Crippen molar-refractivity contribution in [3.8, 4) is 11.1 Å². The summed E-state index contributed by atoms with van der Waals surface area (Å²) in [6, 6.07) is 16.8. The van der Waals surface area contributed by atoms with Crippen molar-refractivity contribution in [2.45, 2.75) is 27.3 Å². The number of pyridine rings is 1. The minimum Gasteiger partial charge on any atom is -0.462 e. The minimum absolute atomic E-state index is 0.167. The van der Waals surface area contributed by atoms with Crippen molar-refractivity contribution >= 4 is 39.1 Å². The van der Waals surface area contributed by atoms with Crippen LogP contribution in [0.5, 0.6) is 0 Å². The van der Waals surface area contributed by atoms with E-state index >= 15 is 0 Å². The molecule has 7 heteroatoms. The van der Waals surface area contributed by atoms with Crippen molar-refractivity contribution in [3.05, 3.63) is 87.0 Å². The first-order valence-electron chi connectivity index (χ1n) is 10.6. The van der Waals surface area contributed by atoms with Gasteiger partial charge in [0, 0.05) is 22.4 Å². The maximum absolute atomic E-state index is 13.0. The highest BCUT2D eigenvalue weighted by Crippen LogP contribution is 2.36. The van der Waals surface area contributed by atoms with Crippen molar-refractivity contribution in [1.82, 2.24) is 4.57 Å². The highest BCUT2D eigenvalue weighted by atomic mass is 32.1. The molecule has 2 aromatic carbocycles. The third kappa shape index (κ3) is 4.59. The Balaban J connectivity index is 1.68. The van der Waals surface area contributed by atoms with Gasteiger partial charge in [0.05, 0.1) is 12.1 Å². The summed E-state index contributed by atoms with van der Waals surface area (Å²) in [5.41, 5.74) is 4.29. The van der Waals surface area contributed by atoms with E-state index in [0.717, 1.165) is 22.1 Å². The van der Waals surface area contributed by atoms with Gasteiger partial charge in [-0.2, -0.15) is 0 Å². The molecule has 0 atom stereocenters. The van der Waals surface area contributed by atoms with Gasteiger partial charge >= 0.3 is 5.97 Å². The lowest BCUT2D eigenvalue weighted by Gasteiger charge is -2.12. The second kappa shape index (κ2) is 9.42. The molecular weight excluding hydrogens is 436 g/mol. The number of amides is 1. The lowest BCUT2D eigenvalue weighted by atomic mass is 10.0. The van der Waals surface area contributed by atoms with E-state index in [1.165, 1.54) is 22.0 Å². The van der Waals surface area contributed by atoms with Crippen LogP contribution in [0.4, 0.5) is 5.00 Å². The fraction of sp³-hybridized carbons (Fsp3) is 0.192. The van der Waals surface area contributed by atoms with Crippen molar-refractivity contribution < 1.29 is 14.3 Å². The fourth-order valence-corrected chi connectivity index (χ4v) is 4.75. The molecule has 4 rings (SSSR count). The molecule has 0 fully saturated rings. The standard InChI is InChI=1S/C26H24N2O4S/c1-4-32-26(31)24-20(18-11-9-16(2)10-12-18)15-33-25(24)27-22(29)14-28-21-8-6-5-7-19(21)17(3)13-23(28)30/h5-13,15H,4,14H2,1-3H3,(H,27,29). The van der Waals surface area contributed by atoms with Gasteiger partial charge in [-0.05, 0) is 38.0 Å². The lowest BCUT2D eigenvalue weighted by Crippen LogP contribution is -2.28. The number of esters is 1. The summed E-state index contributed by atoms with van der Waals surface area (Å²) in [6.07, 6.45) is 0. The van der Waals surface area contributed by atoms with Crippen LogP contribution in [-0.2, 0) is 16.1 Å². The van der Waals surface area contributed by atoms with Crippen LogP contribution in [0.3, 0.4) is 0 Å². The largest absolute Gasteiger partial charge is 0.462 e. The first-order valence-corrected chi connectivity index (χ1v) is 11.5. The monoisotopic (exact) mass is 460 g/mol. The van der Waals surface area contributed by atoms with Gasteiger partial charge in [-0.15, -0.1) is 11.3 Å². The van der Waals surface area contributed by atoms with E-state index in [1.54, 1.807) is 6.92 Å². The van der Waals surface area contributed by atoms with E-state index in [2.05, 4.69) is 5.32 Å². The number of nitrogens with one attached hydrogen (secondary N) is 1. The van der Waals surface area contributed by atoms with Crippen LogP contribution in [0.15, 0.2) is 64.8 Å². The number of hydrogen-bond donors (Lipinski definition) is 1. The maximum atomic E-state index is 13.0. The molecule has 0 saturated heterocycles. The zero-order chi connectivity index (χ0) is 23.5. The molecule has 0 aliphatic carbocycles. The number of rotatable bonds is 6. The second-order valence-electron chi connectivity index (χ2n) is 7.76. The number of carbonyl (C=O) groups is 2.